The van der Waals surface area contributed by atoms with E-state index in [9.17, 15) is 4.79 Å². The molecule has 0 aromatic heterocycles. The maximum absolute atomic E-state index is 11.8. The summed E-state index contributed by atoms with van der Waals surface area (Å²) >= 11 is 0. The first-order valence-electron chi connectivity index (χ1n) is 8.33. The van der Waals surface area contributed by atoms with Crippen LogP contribution in [0.1, 0.15) is 26.3 Å². The molecule has 0 fully saturated rings. The molecule has 0 aliphatic rings. The maximum atomic E-state index is 11.8. The van der Waals surface area contributed by atoms with E-state index in [1.165, 1.54) is 5.56 Å². The van der Waals surface area contributed by atoms with Crippen LogP contribution < -0.4 is 20.7 Å². The molecule has 0 unspecified atom stereocenters. The van der Waals surface area contributed by atoms with Crippen LogP contribution in [0, 0.1) is 12.3 Å². The monoisotopic (exact) mass is 334 g/mol. The standard InChI is InChI=1S/C18H30N4O2/c1-6-20-17(22-13-18(3,4)16(23)19-5)21-11-12-24-15-9-7-14(2)8-10-15/h7-10H,6,11-13H2,1-5H3,(H,19,23)(H2,20,21,22). The molecular formula is C18H30N4O2. The molecule has 0 heterocycles. The van der Waals surface area contributed by atoms with Gasteiger partial charge >= 0.3 is 0 Å². The van der Waals surface area contributed by atoms with E-state index in [0.717, 1.165) is 12.3 Å². The summed E-state index contributed by atoms with van der Waals surface area (Å²) < 4.78 is 5.68. The Morgan fingerprint density at radius 2 is 1.88 bits per heavy atom. The lowest BCUT2D eigenvalue weighted by Crippen LogP contribution is -2.42. The third kappa shape index (κ3) is 6.89. The number of carbonyl (C=O) groups is 1. The average Bonchev–Trinajstić information content (AvgIpc) is 2.57. The number of aliphatic imine (C=N–C) groups is 1. The highest BCUT2D eigenvalue weighted by Gasteiger charge is 2.26. The Labute approximate surface area is 145 Å². The number of carbonyl (C=O) groups excluding carboxylic acids is 1. The lowest BCUT2D eigenvalue weighted by molar-refractivity contribution is -0.128. The zero-order valence-electron chi connectivity index (χ0n) is 15.4. The van der Waals surface area contributed by atoms with Gasteiger partial charge in [0.05, 0.1) is 18.5 Å². The summed E-state index contributed by atoms with van der Waals surface area (Å²) in [5.41, 5.74) is 0.663. The number of benzene rings is 1. The number of rotatable bonds is 8. The number of nitrogens with zero attached hydrogens (tertiary/aromatic N) is 1. The summed E-state index contributed by atoms with van der Waals surface area (Å²) in [6.45, 7) is 10.1. The summed E-state index contributed by atoms with van der Waals surface area (Å²) in [7, 11) is 1.64. The van der Waals surface area contributed by atoms with Crippen LogP contribution in [0.3, 0.4) is 0 Å². The molecular weight excluding hydrogens is 304 g/mol. The Bertz CT molecular complexity index is 538. The lowest BCUT2D eigenvalue weighted by Gasteiger charge is -2.21. The van der Waals surface area contributed by atoms with Crippen molar-refractivity contribution in [2.24, 2.45) is 10.4 Å². The third-order valence-corrected chi connectivity index (χ3v) is 3.50. The van der Waals surface area contributed by atoms with E-state index in [2.05, 4.69) is 20.9 Å². The van der Waals surface area contributed by atoms with Gasteiger partial charge in [0.15, 0.2) is 5.96 Å². The second-order valence-electron chi connectivity index (χ2n) is 6.25. The van der Waals surface area contributed by atoms with Crippen molar-refractivity contribution in [2.75, 3.05) is 33.3 Å². The molecule has 134 valence electrons. The fourth-order valence-electron chi connectivity index (χ4n) is 2.00. The molecule has 0 aliphatic carbocycles. The Kier molecular flexibility index (Phi) is 8.09. The van der Waals surface area contributed by atoms with Gasteiger partial charge in [0.25, 0.3) is 0 Å². The van der Waals surface area contributed by atoms with E-state index in [1.54, 1.807) is 7.05 Å². The first-order chi connectivity index (χ1) is 11.4. The Balaban J connectivity index is 2.46. The normalized spacial score (nSPS) is 11.8. The predicted molar refractivity (Wildman–Crippen MR) is 98.5 cm³/mol. The van der Waals surface area contributed by atoms with Crippen molar-refractivity contribution in [3.8, 4) is 5.75 Å². The SMILES string of the molecule is CCNC(=NCC(C)(C)C(=O)NC)NCCOc1ccc(C)cc1. The molecule has 0 radical (unpaired) electrons. The molecule has 1 aromatic rings. The van der Waals surface area contributed by atoms with Crippen molar-refractivity contribution in [1.29, 1.82) is 0 Å². The number of hydrogen-bond donors (Lipinski definition) is 3. The van der Waals surface area contributed by atoms with Gasteiger partial charge in [-0.15, -0.1) is 0 Å². The van der Waals surface area contributed by atoms with Gasteiger partial charge in [-0.1, -0.05) is 17.7 Å². The summed E-state index contributed by atoms with van der Waals surface area (Å²) in [6.07, 6.45) is 0. The lowest BCUT2D eigenvalue weighted by atomic mass is 9.93. The second-order valence-corrected chi connectivity index (χ2v) is 6.25. The molecule has 6 nitrogen and oxygen atoms in total. The molecule has 1 aromatic carbocycles. The van der Waals surface area contributed by atoms with Gasteiger partial charge in [0, 0.05) is 13.6 Å². The van der Waals surface area contributed by atoms with Crippen LogP contribution in [0.25, 0.3) is 0 Å². The molecule has 0 bridgehead atoms. The number of guanidine groups is 1. The highest BCUT2D eigenvalue weighted by molar-refractivity contribution is 5.83. The summed E-state index contributed by atoms with van der Waals surface area (Å²) in [4.78, 5) is 16.3. The second kappa shape index (κ2) is 9.80. The van der Waals surface area contributed by atoms with E-state index in [4.69, 9.17) is 4.74 Å². The van der Waals surface area contributed by atoms with Crippen molar-refractivity contribution in [3.63, 3.8) is 0 Å². The Morgan fingerprint density at radius 3 is 2.46 bits per heavy atom. The Hall–Kier alpha value is -2.24. The molecule has 3 N–H and O–H groups in total. The molecule has 0 spiro atoms. The van der Waals surface area contributed by atoms with Crippen LogP contribution >= 0.6 is 0 Å². The maximum Gasteiger partial charge on any atom is 0.227 e. The van der Waals surface area contributed by atoms with E-state index in [-0.39, 0.29) is 5.91 Å². The van der Waals surface area contributed by atoms with Gasteiger partial charge in [0.2, 0.25) is 5.91 Å². The van der Waals surface area contributed by atoms with Gasteiger partial charge in [-0.05, 0) is 39.8 Å². The van der Waals surface area contributed by atoms with Gasteiger partial charge < -0.3 is 20.7 Å². The Morgan fingerprint density at radius 1 is 1.21 bits per heavy atom. The van der Waals surface area contributed by atoms with E-state index in [0.29, 0.717) is 25.7 Å². The average molecular weight is 334 g/mol. The first-order valence-corrected chi connectivity index (χ1v) is 8.33. The number of nitrogens with one attached hydrogen (secondary N) is 3. The molecule has 1 amide bonds. The fourth-order valence-corrected chi connectivity index (χ4v) is 2.00. The number of amides is 1. The molecule has 6 heteroatoms. The van der Waals surface area contributed by atoms with Crippen LogP contribution in [0.15, 0.2) is 29.3 Å². The number of aryl methyl sites for hydroxylation is 1. The summed E-state index contributed by atoms with van der Waals surface area (Å²) in [5.74, 6) is 1.51. The third-order valence-electron chi connectivity index (χ3n) is 3.50. The minimum atomic E-state index is -0.546. The number of hydrogen-bond acceptors (Lipinski definition) is 3. The van der Waals surface area contributed by atoms with Crippen molar-refractivity contribution in [1.82, 2.24) is 16.0 Å². The molecule has 1 rings (SSSR count). The molecule has 0 saturated heterocycles. The van der Waals surface area contributed by atoms with Crippen LogP contribution in [0.5, 0.6) is 5.75 Å². The molecule has 24 heavy (non-hydrogen) atoms. The predicted octanol–water partition coefficient (Wildman–Crippen LogP) is 1.70. The van der Waals surface area contributed by atoms with E-state index < -0.39 is 5.41 Å². The first kappa shape index (κ1) is 19.8. The zero-order chi connectivity index (χ0) is 18.0. The van der Waals surface area contributed by atoms with Crippen molar-refractivity contribution < 1.29 is 9.53 Å². The molecule has 0 atom stereocenters. The smallest absolute Gasteiger partial charge is 0.227 e. The van der Waals surface area contributed by atoms with Crippen LogP contribution in [0.2, 0.25) is 0 Å². The van der Waals surface area contributed by atoms with Gasteiger partial charge in [-0.2, -0.15) is 0 Å². The van der Waals surface area contributed by atoms with Crippen LogP contribution in [-0.4, -0.2) is 45.2 Å². The fraction of sp³-hybridized carbons (Fsp3) is 0.556. The van der Waals surface area contributed by atoms with E-state index >= 15 is 0 Å². The topological polar surface area (TPSA) is 74.8 Å². The highest BCUT2D eigenvalue weighted by atomic mass is 16.5. The largest absolute Gasteiger partial charge is 0.492 e. The van der Waals surface area contributed by atoms with Crippen LogP contribution in [-0.2, 0) is 4.79 Å². The summed E-state index contributed by atoms with van der Waals surface area (Å²) in [6, 6.07) is 7.96. The van der Waals surface area contributed by atoms with Crippen molar-refractivity contribution in [2.45, 2.75) is 27.7 Å². The van der Waals surface area contributed by atoms with E-state index in [1.807, 2.05) is 52.0 Å². The molecule has 0 saturated carbocycles. The number of ether oxygens (including phenoxy) is 1. The zero-order valence-corrected chi connectivity index (χ0v) is 15.4. The highest BCUT2D eigenvalue weighted by Crippen LogP contribution is 2.15. The summed E-state index contributed by atoms with van der Waals surface area (Å²) in [5, 5.41) is 9.05. The van der Waals surface area contributed by atoms with Gasteiger partial charge in [-0.3, -0.25) is 9.79 Å². The minimum Gasteiger partial charge on any atom is -0.492 e. The molecule has 0 aliphatic heterocycles. The quantitative estimate of drug-likeness (QED) is 0.384. The van der Waals surface area contributed by atoms with Crippen molar-refractivity contribution in [3.05, 3.63) is 29.8 Å². The van der Waals surface area contributed by atoms with Crippen molar-refractivity contribution >= 4 is 11.9 Å². The van der Waals surface area contributed by atoms with Crippen LogP contribution in [0.4, 0.5) is 0 Å². The van der Waals surface area contributed by atoms with Gasteiger partial charge in [-0.25, -0.2) is 0 Å². The minimum absolute atomic E-state index is 0.0233. The van der Waals surface area contributed by atoms with Gasteiger partial charge in [0.1, 0.15) is 12.4 Å².